The fraction of sp³-hybridized carbons (Fsp3) is 0.308. The summed E-state index contributed by atoms with van der Waals surface area (Å²) < 4.78 is 0.723. The van der Waals surface area contributed by atoms with E-state index in [0.29, 0.717) is 24.3 Å². The molecule has 3 nitrogen and oxygen atoms in total. The molecular weight excluding hydrogens is 280 g/mol. The second-order valence-electron chi connectivity index (χ2n) is 3.67. The molecule has 0 saturated carbocycles. The highest BCUT2D eigenvalue weighted by Crippen LogP contribution is 2.21. The van der Waals surface area contributed by atoms with Gasteiger partial charge in [-0.2, -0.15) is 0 Å². The average Bonchev–Trinajstić information content (AvgIpc) is 2.31. The number of terminal acetylenes is 1. The van der Waals surface area contributed by atoms with Crippen molar-refractivity contribution in [3.8, 4) is 12.3 Å². The van der Waals surface area contributed by atoms with Crippen LogP contribution in [-0.2, 0) is 0 Å². The van der Waals surface area contributed by atoms with Crippen LogP contribution in [0.15, 0.2) is 22.7 Å². The maximum absolute atomic E-state index is 12.2. The molecule has 0 aliphatic heterocycles. The smallest absolute Gasteiger partial charge is 0.254 e. The molecule has 0 aliphatic carbocycles. The van der Waals surface area contributed by atoms with Crippen LogP contribution in [0.2, 0.25) is 0 Å². The Hall–Kier alpha value is -1.47. The van der Waals surface area contributed by atoms with Crippen LogP contribution >= 0.6 is 15.9 Å². The van der Waals surface area contributed by atoms with Gasteiger partial charge in [-0.15, -0.1) is 6.42 Å². The van der Waals surface area contributed by atoms with Gasteiger partial charge < -0.3 is 10.6 Å². The van der Waals surface area contributed by atoms with Gasteiger partial charge in [-0.3, -0.25) is 4.79 Å². The van der Waals surface area contributed by atoms with Crippen LogP contribution < -0.4 is 5.73 Å². The fourth-order valence-electron chi connectivity index (χ4n) is 1.48. The number of nitrogens with two attached hydrogens (primary N) is 1. The molecule has 0 radical (unpaired) electrons. The van der Waals surface area contributed by atoms with E-state index in [1.54, 1.807) is 23.1 Å². The molecule has 1 amide bonds. The third-order valence-corrected chi connectivity index (χ3v) is 3.00. The number of carbonyl (C=O) groups is 1. The van der Waals surface area contributed by atoms with Crippen molar-refractivity contribution in [1.29, 1.82) is 0 Å². The number of hydrogen-bond acceptors (Lipinski definition) is 2. The fourth-order valence-corrected chi connectivity index (χ4v) is 1.85. The number of amides is 1. The summed E-state index contributed by atoms with van der Waals surface area (Å²) in [5.74, 6) is 2.43. The normalized spacial score (nSPS) is 9.71. The van der Waals surface area contributed by atoms with Crippen LogP contribution in [0.3, 0.4) is 0 Å². The van der Waals surface area contributed by atoms with Gasteiger partial charge in [-0.05, 0) is 40.5 Å². The van der Waals surface area contributed by atoms with Gasteiger partial charge >= 0.3 is 0 Å². The van der Waals surface area contributed by atoms with E-state index in [4.69, 9.17) is 12.2 Å². The molecule has 1 rings (SSSR count). The highest BCUT2D eigenvalue weighted by atomic mass is 79.9. The monoisotopic (exact) mass is 294 g/mol. The summed E-state index contributed by atoms with van der Waals surface area (Å²) in [6.45, 7) is 3.00. The van der Waals surface area contributed by atoms with Crippen LogP contribution in [0.1, 0.15) is 23.7 Å². The van der Waals surface area contributed by atoms with Crippen LogP contribution in [0.5, 0.6) is 0 Å². The number of benzene rings is 1. The summed E-state index contributed by atoms with van der Waals surface area (Å²) in [4.78, 5) is 13.8. The predicted molar refractivity (Wildman–Crippen MR) is 73.6 cm³/mol. The second-order valence-corrected chi connectivity index (χ2v) is 4.52. The van der Waals surface area contributed by atoms with E-state index in [2.05, 4.69) is 21.9 Å². The maximum Gasteiger partial charge on any atom is 0.254 e. The Morgan fingerprint density at radius 2 is 2.29 bits per heavy atom. The standard InChI is InChI=1S/C13H15BrN2O/c1-3-7-16(8-4-2)13(17)10-5-6-12(15)11(14)9-10/h1,5-6,9H,4,7-8,15H2,2H3. The molecule has 0 spiro atoms. The highest BCUT2D eigenvalue weighted by Gasteiger charge is 2.14. The number of anilines is 1. The zero-order chi connectivity index (χ0) is 12.8. The number of hydrogen-bond donors (Lipinski definition) is 1. The van der Waals surface area contributed by atoms with Gasteiger partial charge in [0.1, 0.15) is 0 Å². The van der Waals surface area contributed by atoms with Gasteiger partial charge in [0.05, 0.1) is 6.54 Å². The van der Waals surface area contributed by atoms with E-state index >= 15 is 0 Å². The summed E-state index contributed by atoms with van der Waals surface area (Å²) in [5.41, 5.74) is 6.88. The molecule has 1 aromatic carbocycles. The largest absolute Gasteiger partial charge is 0.398 e. The molecule has 0 bridgehead atoms. The Labute approximate surface area is 110 Å². The van der Waals surface area contributed by atoms with E-state index in [9.17, 15) is 4.79 Å². The molecule has 0 atom stereocenters. The number of nitrogen functional groups attached to an aromatic ring is 1. The molecule has 1 aromatic rings. The first kappa shape index (κ1) is 13.6. The van der Waals surface area contributed by atoms with Gasteiger partial charge in [-0.25, -0.2) is 0 Å². The first-order valence-corrected chi connectivity index (χ1v) is 6.17. The Bertz CT molecular complexity index is 451. The van der Waals surface area contributed by atoms with E-state index < -0.39 is 0 Å². The van der Waals surface area contributed by atoms with Crippen LogP contribution in [0, 0.1) is 12.3 Å². The Morgan fingerprint density at radius 1 is 1.59 bits per heavy atom. The van der Waals surface area contributed by atoms with Crippen molar-refractivity contribution in [1.82, 2.24) is 4.90 Å². The molecular formula is C13H15BrN2O. The molecule has 2 N–H and O–H groups in total. The summed E-state index contributed by atoms with van der Waals surface area (Å²) in [5, 5.41) is 0. The summed E-state index contributed by atoms with van der Waals surface area (Å²) in [6.07, 6.45) is 6.13. The highest BCUT2D eigenvalue weighted by molar-refractivity contribution is 9.10. The van der Waals surface area contributed by atoms with E-state index in [0.717, 1.165) is 10.9 Å². The van der Waals surface area contributed by atoms with E-state index in [-0.39, 0.29) is 5.91 Å². The van der Waals surface area contributed by atoms with Crippen LogP contribution in [0.4, 0.5) is 5.69 Å². The molecule has 0 saturated heterocycles. The van der Waals surface area contributed by atoms with E-state index in [1.807, 2.05) is 6.92 Å². The topological polar surface area (TPSA) is 46.3 Å². The van der Waals surface area contributed by atoms with Crippen molar-refractivity contribution in [2.75, 3.05) is 18.8 Å². The zero-order valence-corrected chi connectivity index (χ0v) is 11.3. The predicted octanol–water partition coefficient (Wildman–Crippen LogP) is 2.52. The van der Waals surface area contributed by atoms with Crippen molar-refractivity contribution in [2.45, 2.75) is 13.3 Å². The Kier molecular flexibility index (Phi) is 5.05. The Morgan fingerprint density at radius 3 is 2.82 bits per heavy atom. The quantitative estimate of drug-likeness (QED) is 0.685. The molecule has 17 heavy (non-hydrogen) atoms. The van der Waals surface area contributed by atoms with Gasteiger partial charge in [0.2, 0.25) is 0 Å². The first-order valence-electron chi connectivity index (χ1n) is 5.38. The van der Waals surface area contributed by atoms with Crippen molar-refractivity contribution in [2.24, 2.45) is 0 Å². The van der Waals surface area contributed by atoms with Gasteiger partial charge in [0.25, 0.3) is 5.91 Å². The second kappa shape index (κ2) is 6.31. The number of nitrogens with zero attached hydrogens (tertiary/aromatic N) is 1. The van der Waals surface area contributed by atoms with Gasteiger partial charge in [-0.1, -0.05) is 12.8 Å². The molecule has 0 unspecified atom stereocenters. The lowest BCUT2D eigenvalue weighted by atomic mass is 10.2. The maximum atomic E-state index is 12.2. The zero-order valence-electron chi connectivity index (χ0n) is 9.74. The lowest BCUT2D eigenvalue weighted by molar-refractivity contribution is 0.0777. The Balaban J connectivity index is 2.93. The molecule has 90 valence electrons. The average molecular weight is 295 g/mol. The van der Waals surface area contributed by atoms with Crippen molar-refractivity contribution < 1.29 is 4.79 Å². The van der Waals surface area contributed by atoms with Crippen molar-refractivity contribution in [3.63, 3.8) is 0 Å². The molecule has 0 aromatic heterocycles. The summed E-state index contributed by atoms with van der Waals surface area (Å²) in [7, 11) is 0. The lowest BCUT2D eigenvalue weighted by Gasteiger charge is -2.19. The minimum Gasteiger partial charge on any atom is -0.398 e. The first-order chi connectivity index (χ1) is 8.10. The van der Waals surface area contributed by atoms with Crippen molar-refractivity contribution in [3.05, 3.63) is 28.2 Å². The van der Waals surface area contributed by atoms with Crippen LogP contribution in [-0.4, -0.2) is 23.9 Å². The van der Waals surface area contributed by atoms with Gasteiger partial charge in [0, 0.05) is 22.3 Å². The minimum absolute atomic E-state index is 0.0644. The third kappa shape index (κ3) is 3.50. The number of rotatable bonds is 4. The van der Waals surface area contributed by atoms with Crippen LogP contribution in [0.25, 0.3) is 0 Å². The summed E-state index contributed by atoms with van der Waals surface area (Å²) in [6, 6.07) is 5.13. The third-order valence-electron chi connectivity index (χ3n) is 2.31. The molecule has 0 heterocycles. The van der Waals surface area contributed by atoms with Crippen molar-refractivity contribution >= 4 is 27.5 Å². The molecule has 0 aliphatic rings. The minimum atomic E-state index is -0.0644. The molecule has 0 fully saturated rings. The number of carbonyl (C=O) groups excluding carboxylic acids is 1. The number of halogens is 1. The lowest BCUT2D eigenvalue weighted by Crippen LogP contribution is -2.32. The summed E-state index contributed by atoms with van der Waals surface area (Å²) >= 11 is 3.31. The molecule has 4 heteroatoms. The van der Waals surface area contributed by atoms with Gasteiger partial charge in [0.15, 0.2) is 0 Å². The van der Waals surface area contributed by atoms with E-state index in [1.165, 1.54) is 0 Å². The SMILES string of the molecule is C#CCN(CCC)C(=O)c1ccc(N)c(Br)c1.